The molecule has 0 spiro atoms. The first-order valence-corrected chi connectivity index (χ1v) is 6.34. The zero-order valence-electron chi connectivity index (χ0n) is 11.7. The molecule has 1 rings (SSSR count). The Hall–Kier alpha value is -1.58. The van der Waals surface area contributed by atoms with E-state index in [-0.39, 0.29) is 11.6 Å². The lowest BCUT2D eigenvalue weighted by Crippen LogP contribution is -2.15. The van der Waals surface area contributed by atoms with Crippen LogP contribution < -0.4 is 16.6 Å². The number of methoxy groups -OCH3 is 1. The van der Waals surface area contributed by atoms with Crippen LogP contribution in [0.1, 0.15) is 12.0 Å². The summed E-state index contributed by atoms with van der Waals surface area (Å²) in [6.07, 6.45) is -3.82. The van der Waals surface area contributed by atoms with Crippen LogP contribution >= 0.6 is 0 Å². The molecule has 0 saturated carbocycles. The molecule has 0 aliphatic carbocycles. The highest BCUT2D eigenvalue weighted by Crippen LogP contribution is 2.31. The smallest absolute Gasteiger partial charge is 0.382 e. The molecule has 1 aromatic rings. The second-order valence-electron chi connectivity index (χ2n) is 4.15. The number of halogens is 3. The number of ether oxygens (including phenoxy) is 2. The number of nitrogens with one attached hydrogen (secondary N) is 2. The molecule has 0 amide bonds. The zero-order chi connectivity index (χ0) is 15.7. The van der Waals surface area contributed by atoms with Crippen molar-refractivity contribution in [3.63, 3.8) is 0 Å². The fourth-order valence-corrected chi connectivity index (χ4v) is 1.49. The van der Waals surface area contributed by atoms with Gasteiger partial charge < -0.3 is 20.2 Å². The lowest BCUT2D eigenvalue weighted by Gasteiger charge is -2.12. The van der Waals surface area contributed by atoms with Crippen molar-refractivity contribution in [3.05, 3.63) is 17.7 Å². The fraction of sp³-hybridized carbons (Fsp3) is 0.583. The minimum Gasteiger partial charge on any atom is -0.382 e. The number of nitrogen functional groups attached to an aromatic ring is 1. The molecule has 0 aliphatic heterocycles. The Balaban J connectivity index is 2.47. The summed E-state index contributed by atoms with van der Waals surface area (Å²) >= 11 is 0. The van der Waals surface area contributed by atoms with Crippen LogP contribution in [0.5, 0.6) is 0 Å². The van der Waals surface area contributed by atoms with Crippen molar-refractivity contribution < 1.29 is 22.6 Å². The van der Waals surface area contributed by atoms with E-state index < -0.39 is 11.7 Å². The first-order chi connectivity index (χ1) is 9.97. The molecule has 0 aliphatic rings. The third-order valence-corrected chi connectivity index (χ3v) is 2.50. The maximum Gasteiger partial charge on any atom is 0.416 e. The number of anilines is 2. The summed E-state index contributed by atoms with van der Waals surface area (Å²) in [5, 5.41) is 2.80. The molecule has 4 N–H and O–H groups in total. The third-order valence-electron chi connectivity index (χ3n) is 2.50. The van der Waals surface area contributed by atoms with Gasteiger partial charge in [-0.25, -0.2) is 10.8 Å². The van der Waals surface area contributed by atoms with Gasteiger partial charge in [-0.1, -0.05) is 0 Å². The number of nitrogens with zero attached hydrogens (tertiary/aromatic N) is 1. The Kier molecular flexibility index (Phi) is 7.20. The van der Waals surface area contributed by atoms with Crippen molar-refractivity contribution >= 4 is 11.6 Å². The number of hydrogen-bond donors (Lipinski definition) is 3. The fourth-order valence-electron chi connectivity index (χ4n) is 1.49. The second-order valence-corrected chi connectivity index (χ2v) is 4.15. The summed E-state index contributed by atoms with van der Waals surface area (Å²) in [4.78, 5) is 3.90. The predicted molar refractivity (Wildman–Crippen MR) is 72.9 cm³/mol. The molecule has 120 valence electrons. The van der Waals surface area contributed by atoms with Crippen molar-refractivity contribution in [2.75, 3.05) is 44.2 Å². The molecule has 0 unspecified atom stereocenters. The second kappa shape index (κ2) is 8.65. The molecule has 0 radical (unpaired) electrons. The number of alkyl halides is 3. The Morgan fingerprint density at radius 2 is 1.90 bits per heavy atom. The molecular weight excluding hydrogens is 289 g/mol. The Labute approximate surface area is 120 Å². The van der Waals surface area contributed by atoms with Gasteiger partial charge in [0.1, 0.15) is 11.6 Å². The van der Waals surface area contributed by atoms with Crippen molar-refractivity contribution in [3.8, 4) is 0 Å². The summed E-state index contributed by atoms with van der Waals surface area (Å²) in [6, 6.07) is 1.78. The number of pyridine rings is 1. The SMILES string of the molecule is COCCOCCCNc1cc(C(F)(F)F)cc(NN)n1. The van der Waals surface area contributed by atoms with Crippen LogP contribution in [0.25, 0.3) is 0 Å². The van der Waals surface area contributed by atoms with Crippen molar-refractivity contribution in [2.45, 2.75) is 12.6 Å². The molecule has 0 atom stereocenters. The van der Waals surface area contributed by atoms with Crippen LogP contribution in [0.4, 0.5) is 24.8 Å². The average Bonchev–Trinajstić information content (AvgIpc) is 2.45. The summed E-state index contributed by atoms with van der Waals surface area (Å²) in [5.74, 6) is 5.17. The highest BCUT2D eigenvalue weighted by atomic mass is 19.4. The van der Waals surface area contributed by atoms with Crippen LogP contribution in [0.2, 0.25) is 0 Å². The van der Waals surface area contributed by atoms with Gasteiger partial charge in [-0.2, -0.15) is 13.2 Å². The van der Waals surface area contributed by atoms with Gasteiger partial charge in [0.15, 0.2) is 0 Å². The first-order valence-electron chi connectivity index (χ1n) is 6.34. The van der Waals surface area contributed by atoms with E-state index in [0.29, 0.717) is 32.8 Å². The van der Waals surface area contributed by atoms with Gasteiger partial charge in [-0.05, 0) is 18.6 Å². The molecule has 1 heterocycles. The first kappa shape index (κ1) is 17.5. The highest BCUT2D eigenvalue weighted by molar-refractivity contribution is 5.49. The normalized spacial score (nSPS) is 11.5. The molecule has 21 heavy (non-hydrogen) atoms. The maximum atomic E-state index is 12.7. The molecule has 9 heteroatoms. The maximum absolute atomic E-state index is 12.7. The van der Waals surface area contributed by atoms with Gasteiger partial charge in [0, 0.05) is 20.3 Å². The molecule has 0 bridgehead atoms. The van der Waals surface area contributed by atoms with Crippen LogP contribution in [-0.2, 0) is 15.7 Å². The average molecular weight is 308 g/mol. The monoisotopic (exact) mass is 308 g/mol. The molecular formula is C12H19F3N4O2. The standard InChI is InChI=1S/C12H19F3N4O2/c1-20-5-6-21-4-2-3-17-10-7-9(12(13,14)15)8-11(18-10)19-16/h7-8H,2-6,16H2,1H3,(H2,17,18,19). The quantitative estimate of drug-likeness (QED) is 0.367. The largest absolute Gasteiger partial charge is 0.416 e. The third kappa shape index (κ3) is 6.61. The van der Waals surface area contributed by atoms with E-state index >= 15 is 0 Å². The minimum atomic E-state index is -4.45. The van der Waals surface area contributed by atoms with Gasteiger partial charge in [0.2, 0.25) is 0 Å². The van der Waals surface area contributed by atoms with Crippen molar-refractivity contribution in [1.29, 1.82) is 0 Å². The van der Waals surface area contributed by atoms with Crippen LogP contribution in [-0.4, -0.2) is 38.5 Å². The van der Waals surface area contributed by atoms with E-state index in [1.807, 2.05) is 0 Å². The minimum absolute atomic E-state index is 0.0522. The molecule has 1 aromatic heterocycles. The van der Waals surface area contributed by atoms with E-state index in [4.69, 9.17) is 15.3 Å². The van der Waals surface area contributed by atoms with Gasteiger partial charge >= 0.3 is 6.18 Å². The molecule has 0 fully saturated rings. The topological polar surface area (TPSA) is 81.4 Å². The Morgan fingerprint density at radius 1 is 1.19 bits per heavy atom. The lowest BCUT2D eigenvalue weighted by atomic mass is 10.2. The van der Waals surface area contributed by atoms with Gasteiger partial charge in [-0.15, -0.1) is 0 Å². The summed E-state index contributed by atoms with van der Waals surface area (Å²) in [5.41, 5.74) is 1.30. The van der Waals surface area contributed by atoms with E-state index in [1.165, 1.54) is 0 Å². The predicted octanol–water partition coefficient (Wildman–Crippen LogP) is 1.85. The number of rotatable bonds is 9. The van der Waals surface area contributed by atoms with Crippen molar-refractivity contribution in [1.82, 2.24) is 4.98 Å². The van der Waals surface area contributed by atoms with Crippen molar-refractivity contribution in [2.24, 2.45) is 5.84 Å². The Morgan fingerprint density at radius 3 is 2.52 bits per heavy atom. The summed E-state index contributed by atoms with van der Waals surface area (Å²) in [6.45, 7) is 1.91. The van der Waals surface area contributed by atoms with Gasteiger partial charge in [0.05, 0.1) is 18.8 Å². The number of hydrogen-bond acceptors (Lipinski definition) is 6. The molecule has 0 aromatic carbocycles. The lowest BCUT2D eigenvalue weighted by molar-refractivity contribution is -0.137. The Bertz CT molecular complexity index is 429. The molecule has 0 saturated heterocycles. The van der Waals surface area contributed by atoms with E-state index in [2.05, 4.69) is 15.7 Å². The van der Waals surface area contributed by atoms with Gasteiger partial charge in [-0.3, -0.25) is 0 Å². The zero-order valence-corrected chi connectivity index (χ0v) is 11.7. The van der Waals surface area contributed by atoms with Crippen LogP contribution in [0.15, 0.2) is 12.1 Å². The number of hydrazine groups is 1. The van der Waals surface area contributed by atoms with E-state index in [9.17, 15) is 13.2 Å². The highest BCUT2D eigenvalue weighted by Gasteiger charge is 2.31. The van der Waals surface area contributed by atoms with Crippen LogP contribution in [0, 0.1) is 0 Å². The summed E-state index contributed by atoms with van der Waals surface area (Å²) in [7, 11) is 1.58. The van der Waals surface area contributed by atoms with E-state index in [1.54, 1.807) is 7.11 Å². The molecule has 6 nitrogen and oxygen atoms in total. The number of nitrogens with two attached hydrogens (primary N) is 1. The van der Waals surface area contributed by atoms with Crippen LogP contribution in [0.3, 0.4) is 0 Å². The summed E-state index contributed by atoms with van der Waals surface area (Å²) < 4.78 is 48.1. The van der Waals surface area contributed by atoms with E-state index in [0.717, 1.165) is 12.1 Å². The number of aromatic nitrogens is 1. The van der Waals surface area contributed by atoms with Gasteiger partial charge in [0.25, 0.3) is 0 Å².